The number of rotatable bonds is 5. The quantitative estimate of drug-likeness (QED) is 0.704. The second-order valence-electron chi connectivity index (χ2n) is 6.98. The summed E-state index contributed by atoms with van der Waals surface area (Å²) in [6.07, 6.45) is 0. The summed E-state index contributed by atoms with van der Waals surface area (Å²) in [6.45, 7) is 5.96. The molecule has 1 heterocycles. The minimum atomic E-state index is -0.387. The number of phenolic OH excluding ortho intramolecular Hbond substituents is 1. The minimum absolute atomic E-state index is 0.0961. The Morgan fingerprint density at radius 3 is 2.44 bits per heavy atom. The third kappa shape index (κ3) is 4.09. The van der Waals surface area contributed by atoms with E-state index in [4.69, 9.17) is 4.42 Å². The van der Waals surface area contributed by atoms with Crippen LogP contribution in [0.5, 0.6) is 5.75 Å². The molecule has 0 spiro atoms. The topological polar surface area (TPSA) is 54.9 Å². The zero-order valence-corrected chi connectivity index (χ0v) is 14.9. The summed E-state index contributed by atoms with van der Waals surface area (Å²) in [5.74, 6) is 0.629. The third-order valence-electron chi connectivity index (χ3n) is 4.46. The molecule has 0 amide bonds. The molecular weight excluding hydrogens is 314 g/mol. The first-order valence-electron chi connectivity index (χ1n) is 8.58. The highest BCUT2D eigenvalue weighted by Crippen LogP contribution is 2.21. The van der Waals surface area contributed by atoms with Gasteiger partial charge in [0, 0.05) is 28.6 Å². The van der Waals surface area contributed by atoms with Crippen LogP contribution in [-0.4, -0.2) is 12.2 Å². The fourth-order valence-corrected chi connectivity index (χ4v) is 3.12. The van der Waals surface area contributed by atoms with Crippen LogP contribution in [0.1, 0.15) is 36.5 Å². The fourth-order valence-electron chi connectivity index (χ4n) is 3.12. The van der Waals surface area contributed by atoms with Crippen molar-refractivity contribution in [2.24, 2.45) is 0 Å². The van der Waals surface area contributed by atoms with Gasteiger partial charge in [-0.3, -0.25) is 0 Å². The summed E-state index contributed by atoms with van der Waals surface area (Å²) in [6, 6.07) is 15.2. The molecule has 0 saturated carbocycles. The molecular formula is C21H24NO3+. The van der Waals surface area contributed by atoms with Crippen LogP contribution < -0.4 is 10.5 Å². The van der Waals surface area contributed by atoms with E-state index >= 15 is 0 Å². The van der Waals surface area contributed by atoms with Crippen LogP contribution in [0.25, 0.3) is 11.0 Å². The van der Waals surface area contributed by atoms with Gasteiger partial charge in [0.25, 0.3) is 0 Å². The molecule has 3 aromatic rings. The van der Waals surface area contributed by atoms with E-state index in [1.165, 1.54) is 22.1 Å². The number of quaternary nitrogens is 1. The van der Waals surface area contributed by atoms with Gasteiger partial charge in [0.15, 0.2) is 0 Å². The standard InChI is InChI=1S/C21H23NO3/c1-14(2)16-6-4-15(5-7-16)12-22(3)13-17-10-21(24)25-20-11-18(23)8-9-19(17)20/h4-11,14,23H,12-13H2,1-3H3/p+1. The Kier molecular flexibility index (Phi) is 4.91. The first kappa shape index (κ1) is 17.2. The molecule has 4 nitrogen and oxygen atoms in total. The van der Waals surface area contributed by atoms with Gasteiger partial charge >= 0.3 is 5.63 Å². The van der Waals surface area contributed by atoms with Gasteiger partial charge in [-0.05, 0) is 23.6 Å². The van der Waals surface area contributed by atoms with Gasteiger partial charge in [0.2, 0.25) is 0 Å². The monoisotopic (exact) mass is 338 g/mol. The Balaban J connectivity index is 1.80. The van der Waals surface area contributed by atoms with E-state index in [9.17, 15) is 9.90 Å². The summed E-state index contributed by atoms with van der Waals surface area (Å²) in [5, 5.41) is 10.5. The average molecular weight is 338 g/mol. The molecule has 0 bridgehead atoms. The van der Waals surface area contributed by atoms with Gasteiger partial charge in [-0.25, -0.2) is 4.79 Å². The average Bonchev–Trinajstić information content (AvgIpc) is 2.54. The van der Waals surface area contributed by atoms with Crippen LogP contribution in [0, 0.1) is 0 Å². The van der Waals surface area contributed by atoms with Gasteiger partial charge < -0.3 is 14.4 Å². The maximum absolute atomic E-state index is 11.8. The largest absolute Gasteiger partial charge is 0.508 e. The first-order chi connectivity index (χ1) is 11.9. The molecule has 0 fully saturated rings. The van der Waals surface area contributed by atoms with Gasteiger partial charge in [0.1, 0.15) is 24.4 Å². The number of hydrogen-bond acceptors (Lipinski definition) is 3. The molecule has 0 saturated heterocycles. The Hall–Kier alpha value is -2.59. The van der Waals surface area contributed by atoms with Crippen molar-refractivity contribution in [3.05, 3.63) is 75.6 Å². The van der Waals surface area contributed by atoms with Crippen LogP contribution >= 0.6 is 0 Å². The van der Waals surface area contributed by atoms with Gasteiger partial charge in [-0.2, -0.15) is 0 Å². The second-order valence-corrected chi connectivity index (χ2v) is 6.98. The van der Waals surface area contributed by atoms with Crippen molar-refractivity contribution >= 4 is 11.0 Å². The number of aromatic hydroxyl groups is 1. The van der Waals surface area contributed by atoms with E-state index in [1.54, 1.807) is 18.2 Å². The van der Waals surface area contributed by atoms with Gasteiger partial charge in [-0.1, -0.05) is 38.1 Å². The second kappa shape index (κ2) is 7.11. The van der Waals surface area contributed by atoms with Crippen molar-refractivity contribution in [3.8, 4) is 5.75 Å². The third-order valence-corrected chi connectivity index (χ3v) is 4.46. The number of benzene rings is 2. The van der Waals surface area contributed by atoms with Crippen LogP contribution in [-0.2, 0) is 13.1 Å². The Morgan fingerprint density at radius 2 is 1.76 bits per heavy atom. The summed E-state index contributed by atoms with van der Waals surface area (Å²) in [7, 11) is 2.11. The lowest BCUT2D eigenvalue weighted by atomic mass is 10.0. The van der Waals surface area contributed by atoms with Gasteiger partial charge in [0.05, 0.1) is 7.05 Å². The lowest BCUT2D eigenvalue weighted by Crippen LogP contribution is -3.06. The van der Waals surface area contributed by atoms with Crippen molar-refractivity contribution in [2.45, 2.75) is 32.9 Å². The fraction of sp³-hybridized carbons (Fsp3) is 0.286. The number of phenols is 1. The maximum Gasteiger partial charge on any atom is 0.336 e. The molecule has 25 heavy (non-hydrogen) atoms. The molecule has 2 N–H and O–H groups in total. The molecule has 1 aromatic heterocycles. The van der Waals surface area contributed by atoms with Crippen LogP contribution in [0.4, 0.5) is 0 Å². The number of nitrogens with one attached hydrogen (secondary N) is 1. The van der Waals surface area contributed by atoms with Gasteiger partial charge in [-0.15, -0.1) is 0 Å². The summed E-state index contributed by atoms with van der Waals surface area (Å²) in [5.41, 5.74) is 3.58. The summed E-state index contributed by atoms with van der Waals surface area (Å²) in [4.78, 5) is 13.1. The predicted molar refractivity (Wildman–Crippen MR) is 99.0 cm³/mol. The van der Waals surface area contributed by atoms with Crippen molar-refractivity contribution < 1.29 is 14.4 Å². The van der Waals surface area contributed by atoms with Crippen molar-refractivity contribution in [1.82, 2.24) is 0 Å². The van der Waals surface area contributed by atoms with Crippen molar-refractivity contribution in [2.75, 3.05) is 7.05 Å². The molecule has 2 aromatic carbocycles. The highest BCUT2D eigenvalue weighted by Gasteiger charge is 2.12. The molecule has 0 aliphatic carbocycles. The van der Waals surface area contributed by atoms with E-state index in [0.717, 1.165) is 17.5 Å². The van der Waals surface area contributed by atoms with Crippen molar-refractivity contribution in [3.63, 3.8) is 0 Å². The predicted octanol–water partition coefficient (Wildman–Crippen LogP) is 2.84. The smallest absolute Gasteiger partial charge is 0.336 e. The molecule has 1 unspecified atom stereocenters. The van der Waals surface area contributed by atoms with E-state index in [-0.39, 0.29) is 11.4 Å². The SMILES string of the molecule is CC(C)c1ccc(C[NH+](C)Cc2cc(=O)oc3cc(O)ccc23)cc1. The summed E-state index contributed by atoms with van der Waals surface area (Å²) < 4.78 is 5.19. The summed E-state index contributed by atoms with van der Waals surface area (Å²) >= 11 is 0. The zero-order valence-electron chi connectivity index (χ0n) is 14.9. The van der Waals surface area contributed by atoms with E-state index in [0.29, 0.717) is 18.0 Å². The van der Waals surface area contributed by atoms with E-state index < -0.39 is 0 Å². The lowest BCUT2D eigenvalue weighted by Gasteiger charge is -2.16. The molecule has 3 rings (SSSR count). The normalized spacial score (nSPS) is 12.6. The highest BCUT2D eigenvalue weighted by atomic mass is 16.4. The Morgan fingerprint density at radius 1 is 1.04 bits per heavy atom. The van der Waals surface area contributed by atoms with E-state index in [1.807, 2.05) is 0 Å². The van der Waals surface area contributed by atoms with Crippen LogP contribution in [0.3, 0.4) is 0 Å². The Bertz CT molecular complexity index is 926. The highest BCUT2D eigenvalue weighted by molar-refractivity contribution is 5.81. The number of fused-ring (bicyclic) bond motifs is 1. The Labute approximate surface area is 147 Å². The van der Waals surface area contributed by atoms with E-state index in [2.05, 4.69) is 45.2 Å². The van der Waals surface area contributed by atoms with Crippen molar-refractivity contribution in [1.29, 1.82) is 0 Å². The minimum Gasteiger partial charge on any atom is -0.508 e. The van der Waals surface area contributed by atoms with Crippen LogP contribution in [0.2, 0.25) is 0 Å². The first-order valence-corrected chi connectivity index (χ1v) is 8.58. The zero-order chi connectivity index (χ0) is 18.0. The maximum atomic E-state index is 11.8. The molecule has 130 valence electrons. The number of hydrogen-bond donors (Lipinski definition) is 2. The molecule has 0 aliphatic heterocycles. The molecule has 4 heteroatoms. The van der Waals surface area contributed by atoms with Crippen LogP contribution in [0.15, 0.2) is 57.7 Å². The molecule has 0 aliphatic rings. The molecule has 0 radical (unpaired) electrons. The molecule has 1 atom stereocenters. The lowest BCUT2D eigenvalue weighted by molar-refractivity contribution is -0.907.